The first-order chi connectivity index (χ1) is 12.4. The number of hydrogen-bond acceptors (Lipinski definition) is 5. The van der Waals surface area contributed by atoms with Gasteiger partial charge < -0.3 is 15.4 Å². The molecule has 1 fully saturated rings. The van der Waals surface area contributed by atoms with E-state index in [1.54, 1.807) is 0 Å². The van der Waals surface area contributed by atoms with Gasteiger partial charge in [0.25, 0.3) is 5.91 Å². The lowest BCUT2D eigenvalue weighted by atomic mass is 10.1. The molecule has 1 heterocycles. The Kier molecular flexibility index (Phi) is 8.49. The highest BCUT2D eigenvalue weighted by Gasteiger charge is 2.20. The van der Waals surface area contributed by atoms with E-state index in [0.717, 1.165) is 47.1 Å². The maximum Gasteiger partial charge on any atom is 0.279 e. The summed E-state index contributed by atoms with van der Waals surface area (Å²) in [5.41, 5.74) is 9.20. The molecular weight excluding hydrogens is 466 g/mol. The Bertz CT molecular complexity index is 625. The number of nitrogens with one attached hydrogen (secondary N) is 3. The highest BCUT2D eigenvalue weighted by Crippen LogP contribution is 2.35. The average Bonchev–Trinajstić information content (AvgIpc) is 2.59. The number of hydrogen-bond donors (Lipinski definition) is 4. The van der Waals surface area contributed by atoms with Crippen LogP contribution in [0.2, 0.25) is 0 Å². The van der Waals surface area contributed by atoms with E-state index in [2.05, 4.69) is 44.3 Å². The standard InChI is InChI=1S/C17H25Br2N5O2/c1-23-4-6-24(7-5-23)22-17(25)15(21)11-12-9-13(18)16(14(19)10-12)26-8-2-3-20/h9-10,21H,2-8,11,20H2,1H3,(H,22,25)/p+1. The Labute approximate surface area is 171 Å². The Morgan fingerprint density at radius 2 is 1.96 bits per heavy atom. The second-order valence-corrected chi connectivity index (χ2v) is 8.13. The fraction of sp³-hybridized carbons (Fsp3) is 0.529. The quantitative estimate of drug-likeness (QED) is 0.312. The van der Waals surface area contributed by atoms with Gasteiger partial charge in [-0.25, -0.2) is 5.01 Å². The molecule has 1 aliphatic heterocycles. The third-order valence-electron chi connectivity index (χ3n) is 4.18. The topological polar surface area (TPSA) is 95.9 Å². The Morgan fingerprint density at radius 3 is 2.54 bits per heavy atom. The number of amides is 1. The number of nitrogens with zero attached hydrogens (tertiary/aromatic N) is 1. The summed E-state index contributed by atoms with van der Waals surface area (Å²) < 4.78 is 7.28. The number of carbonyl (C=O) groups is 1. The summed E-state index contributed by atoms with van der Waals surface area (Å²) in [6.07, 6.45) is 1.03. The SMILES string of the molecule is C[NH+]1CCN(NC(=O)C(=N)Cc2cc(Br)c(OCCCN)c(Br)c2)CC1. The number of quaternary nitrogens is 1. The van der Waals surface area contributed by atoms with Gasteiger partial charge in [-0.05, 0) is 62.5 Å². The molecule has 0 aliphatic carbocycles. The summed E-state index contributed by atoms with van der Waals surface area (Å²) in [4.78, 5) is 13.7. The van der Waals surface area contributed by atoms with Crippen LogP contribution in [0.15, 0.2) is 21.1 Å². The molecule has 0 aromatic heterocycles. The van der Waals surface area contributed by atoms with Gasteiger partial charge in [0, 0.05) is 6.42 Å². The van der Waals surface area contributed by atoms with Crippen LogP contribution in [-0.2, 0) is 11.2 Å². The number of ether oxygens (including phenoxy) is 1. The summed E-state index contributed by atoms with van der Waals surface area (Å²) in [5, 5.41) is 9.99. The molecule has 0 atom stereocenters. The first-order valence-electron chi connectivity index (χ1n) is 8.66. The molecule has 1 aliphatic rings. The number of halogens is 2. The fourth-order valence-corrected chi connectivity index (χ4v) is 4.12. The van der Waals surface area contributed by atoms with E-state index in [4.69, 9.17) is 15.9 Å². The third kappa shape index (κ3) is 6.31. The van der Waals surface area contributed by atoms with E-state index in [9.17, 15) is 4.79 Å². The number of benzene rings is 1. The Balaban J connectivity index is 1.92. The van der Waals surface area contributed by atoms with E-state index in [1.807, 2.05) is 17.1 Å². The van der Waals surface area contributed by atoms with Crippen molar-refractivity contribution in [1.82, 2.24) is 10.4 Å². The highest BCUT2D eigenvalue weighted by atomic mass is 79.9. The van der Waals surface area contributed by atoms with E-state index < -0.39 is 0 Å². The second-order valence-electron chi connectivity index (χ2n) is 6.42. The number of rotatable bonds is 8. The van der Waals surface area contributed by atoms with Crippen molar-refractivity contribution in [2.45, 2.75) is 12.8 Å². The zero-order valence-electron chi connectivity index (χ0n) is 14.9. The van der Waals surface area contributed by atoms with Gasteiger partial charge in [0.1, 0.15) is 11.5 Å². The van der Waals surface area contributed by atoms with Crippen molar-refractivity contribution >= 4 is 43.5 Å². The maximum absolute atomic E-state index is 12.3. The summed E-state index contributed by atoms with van der Waals surface area (Å²) in [7, 11) is 2.14. The number of likely N-dealkylation sites (N-methyl/N-ethyl adjacent to an activating group) is 1. The van der Waals surface area contributed by atoms with Gasteiger partial charge in [-0.15, -0.1) is 0 Å². The van der Waals surface area contributed by atoms with Gasteiger partial charge >= 0.3 is 0 Å². The summed E-state index contributed by atoms with van der Waals surface area (Å²) in [5.74, 6) is 0.359. The molecule has 1 aromatic carbocycles. The first-order valence-corrected chi connectivity index (χ1v) is 10.2. The molecule has 0 radical (unpaired) electrons. The van der Waals surface area contributed by atoms with Crippen LogP contribution in [0.3, 0.4) is 0 Å². The lowest BCUT2D eigenvalue weighted by Gasteiger charge is -2.30. The zero-order chi connectivity index (χ0) is 19.1. The summed E-state index contributed by atoms with van der Waals surface area (Å²) >= 11 is 6.99. The van der Waals surface area contributed by atoms with Crippen LogP contribution in [0, 0.1) is 5.41 Å². The first kappa shape index (κ1) is 21.3. The van der Waals surface area contributed by atoms with Crippen molar-refractivity contribution in [3.63, 3.8) is 0 Å². The second kappa shape index (κ2) is 10.4. The molecule has 0 spiro atoms. The smallest absolute Gasteiger partial charge is 0.279 e. The summed E-state index contributed by atoms with van der Waals surface area (Å²) in [6.45, 7) is 4.69. The van der Waals surface area contributed by atoms with Gasteiger partial charge in [0.05, 0.1) is 48.8 Å². The van der Waals surface area contributed by atoms with E-state index >= 15 is 0 Å². The van der Waals surface area contributed by atoms with E-state index in [0.29, 0.717) is 18.9 Å². The van der Waals surface area contributed by atoms with E-state index in [1.165, 1.54) is 4.90 Å². The van der Waals surface area contributed by atoms with Crippen molar-refractivity contribution in [3.8, 4) is 5.75 Å². The Morgan fingerprint density at radius 1 is 1.35 bits per heavy atom. The number of hydrazine groups is 1. The number of nitrogens with two attached hydrogens (primary N) is 1. The van der Waals surface area contributed by atoms with Crippen LogP contribution in [0.1, 0.15) is 12.0 Å². The van der Waals surface area contributed by atoms with E-state index in [-0.39, 0.29) is 18.0 Å². The highest BCUT2D eigenvalue weighted by molar-refractivity contribution is 9.11. The largest absolute Gasteiger partial charge is 0.491 e. The molecular formula is C17H26Br2N5O2+. The lowest BCUT2D eigenvalue weighted by molar-refractivity contribution is -0.884. The predicted molar refractivity (Wildman–Crippen MR) is 109 cm³/mol. The summed E-state index contributed by atoms with van der Waals surface area (Å²) in [6, 6.07) is 3.76. The zero-order valence-corrected chi connectivity index (χ0v) is 18.1. The molecule has 0 unspecified atom stereocenters. The molecule has 1 saturated heterocycles. The van der Waals surface area contributed by atoms with Crippen LogP contribution >= 0.6 is 31.9 Å². The van der Waals surface area contributed by atoms with Crippen molar-refractivity contribution in [2.24, 2.45) is 5.73 Å². The Hall–Kier alpha value is -1.00. The van der Waals surface area contributed by atoms with Crippen LogP contribution in [-0.4, -0.2) is 63.0 Å². The molecule has 0 saturated carbocycles. The normalized spacial score (nSPS) is 15.7. The molecule has 1 amide bonds. The van der Waals surface area contributed by atoms with Gasteiger partial charge in [-0.1, -0.05) is 0 Å². The van der Waals surface area contributed by atoms with Gasteiger partial charge in [-0.2, -0.15) is 0 Å². The number of piperazine rings is 1. The third-order valence-corrected chi connectivity index (χ3v) is 5.36. The predicted octanol–water partition coefficient (Wildman–Crippen LogP) is 0.363. The monoisotopic (exact) mass is 490 g/mol. The molecule has 0 bridgehead atoms. The molecule has 9 heteroatoms. The van der Waals surface area contributed by atoms with Gasteiger partial charge in [0.2, 0.25) is 0 Å². The van der Waals surface area contributed by atoms with Crippen LogP contribution in [0.5, 0.6) is 5.75 Å². The minimum absolute atomic E-state index is 0.0341. The number of carbonyl (C=O) groups excluding carboxylic acids is 1. The lowest BCUT2D eigenvalue weighted by Crippen LogP contribution is -3.12. The maximum atomic E-state index is 12.3. The van der Waals surface area contributed by atoms with Gasteiger partial charge in [-0.3, -0.25) is 15.6 Å². The average molecular weight is 492 g/mol. The molecule has 2 rings (SSSR count). The molecule has 144 valence electrons. The minimum Gasteiger partial charge on any atom is -0.491 e. The minimum atomic E-state index is -0.347. The van der Waals surface area contributed by atoms with Crippen LogP contribution < -0.4 is 20.8 Å². The van der Waals surface area contributed by atoms with Crippen molar-refractivity contribution < 1.29 is 14.4 Å². The van der Waals surface area contributed by atoms with Crippen molar-refractivity contribution in [2.75, 3.05) is 46.4 Å². The molecule has 1 aromatic rings. The van der Waals surface area contributed by atoms with Crippen molar-refractivity contribution in [1.29, 1.82) is 5.41 Å². The van der Waals surface area contributed by atoms with Gasteiger partial charge in [0.15, 0.2) is 0 Å². The molecule has 7 nitrogen and oxygen atoms in total. The fourth-order valence-electron chi connectivity index (χ4n) is 2.61. The van der Waals surface area contributed by atoms with Crippen LogP contribution in [0.4, 0.5) is 0 Å². The van der Waals surface area contributed by atoms with Crippen molar-refractivity contribution in [3.05, 3.63) is 26.6 Å². The molecule has 5 N–H and O–H groups in total. The molecule has 26 heavy (non-hydrogen) atoms. The van der Waals surface area contributed by atoms with Crippen LogP contribution in [0.25, 0.3) is 0 Å².